The second kappa shape index (κ2) is 9.76. The molecule has 11 heteroatoms. The second-order valence-electron chi connectivity index (χ2n) is 6.66. The van der Waals surface area contributed by atoms with Crippen LogP contribution in [0, 0.1) is 4.77 Å². The Labute approximate surface area is 182 Å². The average molecular weight is 439 g/mol. The van der Waals surface area contributed by atoms with E-state index < -0.39 is 12.0 Å². The molecule has 1 amide bonds. The largest absolute Gasteiger partial charge is 0.548 e. The lowest BCUT2D eigenvalue weighted by molar-refractivity contribution is -0.307. The lowest BCUT2D eigenvalue weighted by Crippen LogP contribution is -2.47. The number of H-pyrrole nitrogens is 1. The van der Waals surface area contributed by atoms with Gasteiger partial charge in [0.15, 0.2) is 0 Å². The topological polar surface area (TPSA) is 136 Å². The number of amides is 1. The number of carbonyl (C=O) groups excluding carboxylic acids is 3. The highest BCUT2D eigenvalue weighted by atomic mass is 32.1. The Morgan fingerprint density at radius 2 is 2.03 bits per heavy atom. The van der Waals surface area contributed by atoms with E-state index in [1.54, 1.807) is 48.5 Å². The van der Waals surface area contributed by atoms with E-state index in [9.17, 15) is 19.5 Å². The molecule has 160 valence electrons. The summed E-state index contributed by atoms with van der Waals surface area (Å²) in [5.41, 5.74) is 2.22. The molecule has 1 heterocycles. The predicted molar refractivity (Wildman–Crippen MR) is 113 cm³/mol. The van der Waals surface area contributed by atoms with Crippen LogP contribution >= 0.6 is 12.2 Å². The molecule has 0 spiro atoms. The zero-order chi connectivity index (χ0) is 22.4. The average Bonchev–Trinajstić information content (AvgIpc) is 3.20. The maximum Gasteiger partial charge on any atom is 0.242 e. The fourth-order valence-electron chi connectivity index (χ4n) is 2.95. The summed E-state index contributed by atoms with van der Waals surface area (Å²) in [5, 5.41) is 24.2. The van der Waals surface area contributed by atoms with Crippen molar-refractivity contribution in [2.75, 3.05) is 16.8 Å². The number of benzene rings is 2. The van der Waals surface area contributed by atoms with E-state index in [0.29, 0.717) is 28.9 Å². The van der Waals surface area contributed by atoms with Gasteiger partial charge < -0.3 is 20.1 Å². The number of aldehydes is 1. The van der Waals surface area contributed by atoms with Gasteiger partial charge in [0.05, 0.1) is 17.7 Å². The van der Waals surface area contributed by atoms with Gasteiger partial charge in [-0.05, 0) is 61.6 Å². The van der Waals surface area contributed by atoms with E-state index in [0.717, 1.165) is 0 Å². The third-order valence-electron chi connectivity index (χ3n) is 4.61. The van der Waals surface area contributed by atoms with Crippen molar-refractivity contribution >= 4 is 41.8 Å². The third-order valence-corrected chi connectivity index (χ3v) is 4.87. The number of aromatic amines is 1. The number of carboxylic acids is 1. The van der Waals surface area contributed by atoms with Crippen LogP contribution in [0.2, 0.25) is 0 Å². The first-order valence-electron chi connectivity index (χ1n) is 9.32. The first-order valence-corrected chi connectivity index (χ1v) is 9.73. The Hall–Kier alpha value is -3.86. The number of aromatic nitrogens is 4. The minimum atomic E-state index is -1.27. The number of hydrogen-bond donors (Lipinski definition) is 2. The molecule has 0 saturated heterocycles. The number of hydrogen-bond acceptors (Lipinski definition) is 8. The maximum atomic E-state index is 12.5. The quantitative estimate of drug-likeness (QED) is 0.374. The van der Waals surface area contributed by atoms with Gasteiger partial charge in [-0.1, -0.05) is 16.4 Å². The number of aliphatic carboxylic acids is 1. The van der Waals surface area contributed by atoms with Crippen molar-refractivity contribution in [1.82, 2.24) is 20.2 Å². The Kier molecular flexibility index (Phi) is 6.88. The molecule has 0 bridgehead atoms. The summed E-state index contributed by atoms with van der Waals surface area (Å²) >= 11 is 5.07. The lowest BCUT2D eigenvalue weighted by Gasteiger charge is -2.32. The molecule has 3 rings (SSSR count). The molecule has 31 heavy (non-hydrogen) atoms. The summed E-state index contributed by atoms with van der Waals surface area (Å²) < 4.78 is 1.73. The number of tetrazole rings is 1. The highest BCUT2D eigenvalue weighted by molar-refractivity contribution is 7.71. The minimum Gasteiger partial charge on any atom is -0.548 e. The Balaban J connectivity index is 1.69. The van der Waals surface area contributed by atoms with E-state index in [-0.39, 0.29) is 23.6 Å². The van der Waals surface area contributed by atoms with Crippen molar-refractivity contribution in [2.24, 2.45) is 0 Å². The molecule has 3 aromatic rings. The van der Waals surface area contributed by atoms with Gasteiger partial charge in [-0.3, -0.25) is 9.59 Å². The number of anilines is 2. The Morgan fingerprint density at radius 1 is 1.29 bits per heavy atom. The van der Waals surface area contributed by atoms with Gasteiger partial charge >= 0.3 is 0 Å². The van der Waals surface area contributed by atoms with Gasteiger partial charge in [0.2, 0.25) is 10.7 Å². The number of carboxylic acid groups (broad SMARTS) is 1. The van der Waals surface area contributed by atoms with Crippen LogP contribution in [0.4, 0.5) is 11.4 Å². The van der Waals surface area contributed by atoms with Crippen LogP contribution in [0.15, 0.2) is 48.5 Å². The molecule has 0 saturated carbocycles. The van der Waals surface area contributed by atoms with E-state index in [4.69, 9.17) is 12.2 Å². The SMILES string of the molecule is CC(C(=O)[O-])N(CCC(=O)Nc1cccc(-n2[nH]nnc2=S)c1)c1ccc(C=O)cc1. The molecule has 2 N–H and O–H groups in total. The molecular formula is C20H19N6O4S-. The second-order valence-corrected chi connectivity index (χ2v) is 7.03. The molecule has 1 aromatic heterocycles. The smallest absolute Gasteiger partial charge is 0.242 e. The summed E-state index contributed by atoms with van der Waals surface area (Å²) in [7, 11) is 0. The molecule has 1 unspecified atom stereocenters. The summed E-state index contributed by atoms with van der Waals surface area (Å²) in [4.78, 5) is 36.3. The highest BCUT2D eigenvalue weighted by Crippen LogP contribution is 2.19. The van der Waals surface area contributed by atoms with E-state index >= 15 is 0 Å². The van der Waals surface area contributed by atoms with Crippen molar-refractivity contribution in [3.8, 4) is 5.69 Å². The fraction of sp³-hybridized carbons (Fsp3) is 0.200. The lowest BCUT2D eigenvalue weighted by atomic mass is 10.1. The van der Waals surface area contributed by atoms with Gasteiger partial charge in [0.1, 0.15) is 6.29 Å². The van der Waals surface area contributed by atoms with Crippen LogP contribution in [0.1, 0.15) is 23.7 Å². The Bertz CT molecular complexity index is 1140. The van der Waals surface area contributed by atoms with Crippen LogP contribution < -0.4 is 15.3 Å². The molecule has 0 fully saturated rings. The standard InChI is InChI=1S/C20H20N6O4S/c1-13(19(29)30)25(16-7-5-14(12-27)6-8-16)10-9-18(28)21-15-3-2-4-17(11-15)26-20(31)22-23-24-26/h2-8,11-13H,9-10H2,1H3,(H,21,28)(H,29,30)(H,22,24,31)/p-1. The third kappa shape index (κ3) is 5.39. The van der Waals surface area contributed by atoms with E-state index in [1.165, 1.54) is 16.5 Å². The van der Waals surface area contributed by atoms with Gasteiger partial charge in [-0.2, -0.15) is 5.21 Å². The van der Waals surface area contributed by atoms with E-state index in [1.807, 2.05) is 0 Å². The maximum absolute atomic E-state index is 12.5. The molecule has 10 nitrogen and oxygen atoms in total. The van der Waals surface area contributed by atoms with Crippen molar-refractivity contribution in [3.05, 3.63) is 58.9 Å². The van der Waals surface area contributed by atoms with Crippen LogP contribution in [0.25, 0.3) is 5.69 Å². The number of nitrogens with one attached hydrogen (secondary N) is 2. The zero-order valence-electron chi connectivity index (χ0n) is 16.5. The van der Waals surface area contributed by atoms with Gasteiger partial charge in [0.25, 0.3) is 0 Å². The molecule has 0 radical (unpaired) electrons. The number of carbonyl (C=O) groups is 3. The van der Waals surface area contributed by atoms with Gasteiger partial charge in [-0.15, -0.1) is 0 Å². The molecule has 2 aromatic carbocycles. The summed E-state index contributed by atoms with van der Waals surface area (Å²) in [6, 6.07) is 12.4. The summed E-state index contributed by atoms with van der Waals surface area (Å²) in [6.07, 6.45) is 0.729. The number of nitrogens with zero attached hydrogens (tertiary/aromatic N) is 4. The van der Waals surface area contributed by atoms with Crippen molar-refractivity contribution < 1.29 is 19.5 Å². The Morgan fingerprint density at radius 3 is 2.65 bits per heavy atom. The monoisotopic (exact) mass is 439 g/mol. The van der Waals surface area contributed by atoms with Crippen LogP contribution in [-0.2, 0) is 9.59 Å². The molecule has 1 atom stereocenters. The minimum absolute atomic E-state index is 0.0301. The zero-order valence-corrected chi connectivity index (χ0v) is 17.3. The normalized spacial score (nSPS) is 11.5. The van der Waals surface area contributed by atoms with Crippen molar-refractivity contribution in [3.63, 3.8) is 0 Å². The first-order chi connectivity index (χ1) is 14.9. The molecule has 0 aliphatic carbocycles. The van der Waals surface area contributed by atoms with Gasteiger partial charge in [-0.25, -0.2) is 4.68 Å². The summed E-state index contributed by atoms with van der Waals surface area (Å²) in [6.45, 7) is 1.61. The highest BCUT2D eigenvalue weighted by Gasteiger charge is 2.17. The van der Waals surface area contributed by atoms with E-state index in [2.05, 4.69) is 20.8 Å². The van der Waals surface area contributed by atoms with Crippen molar-refractivity contribution in [2.45, 2.75) is 19.4 Å². The van der Waals surface area contributed by atoms with Crippen molar-refractivity contribution in [1.29, 1.82) is 0 Å². The van der Waals surface area contributed by atoms with Crippen LogP contribution in [0.5, 0.6) is 0 Å². The molecular weight excluding hydrogens is 420 g/mol. The number of rotatable bonds is 9. The first kappa shape index (κ1) is 21.8. The van der Waals surface area contributed by atoms with Crippen LogP contribution in [0.3, 0.4) is 0 Å². The molecule has 0 aliphatic heterocycles. The summed E-state index contributed by atoms with van der Waals surface area (Å²) in [5.74, 6) is -1.57. The van der Waals surface area contributed by atoms with Crippen LogP contribution in [-0.4, -0.2) is 51.0 Å². The fourth-order valence-corrected chi connectivity index (χ4v) is 3.14. The predicted octanol–water partition coefficient (Wildman–Crippen LogP) is 1.11. The van der Waals surface area contributed by atoms with Gasteiger partial charge in [0, 0.05) is 29.9 Å². The molecule has 0 aliphatic rings.